The summed E-state index contributed by atoms with van der Waals surface area (Å²) in [6.45, 7) is 0. The molecular weight excluding hydrogens is 258 g/mol. The quantitative estimate of drug-likeness (QED) is 0.866. The summed E-state index contributed by atoms with van der Waals surface area (Å²) in [5, 5.41) is 11.7. The maximum Gasteiger partial charge on any atom is 0.337 e. The van der Waals surface area contributed by atoms with Crippen LogP contribution in [0.3, 0.4) is 0 Å². The molecule has 0 atom stereocenters. The number of carbonyl (C=O) groups is 2. The molecule has 0 aromatic carbocycles. The van der Waals surface area contributed by atoms with Crippen molar-refractivity contribution in [3.8, 4) is 11.3 Å². The third-order valence-electron chi connectivity index (χ3n) is 3.12. The Bertz CT molecular complexity index is 713. The third kappa shape index (κ3) is 2.23. The molecule has 0 spiro atoms. The Balaban J connectivity index is 2.01. The fourth-order valence-corrected chi connectivity index (χ4v) is 2.11. The average Bonchev–Trinajstić information content (AvgIpc) is 2.47. The first kappa shape index (κ1) is 12.3. The van der Waals surface area contributed by atoms with E-state index in [2.05, 4.69) is 15.3 Å². The molecular formula is C14H11N3O3. The van der Waals surface area contributed by atoms with E-state index in [4.69, 9.17) is 5.11 Å². The summed E-state index contributed by atoms with van der Waals surface area (Å²) in [5.41, 5.74) is 2.94. The van der Waals surface area contributed by atoms with Gasteiger partial charge in [0.2, 0.25) is 5.91 Å². The zero-order valence-corrected chi connectivity index (χ0v) is 10.5. The minimum Gasteiger partial charge on any atom is -0.478 e. The van der Waals surface area contributed by atoms with Gasteiger partial charge in [-0.3, -0.25) is 14.8 Å². The molecule has 6 heteroatoms. The van der Waals surface area contributed by atoms with E-state index in [0.717, 1.165) is 5.69 Å². The van der Waals surface area contributed by atoms with Crippen LogP contribution in [-0.2, 0) is 11.2 Å². The molecule has 0 bridgehead atoms. The number of pyridine rings is 2. The number of aromatic nitrogens is 2. The summed E-state index contributed by atoms with van der Waals surface area (Å²) in [6.07, 6.45) is 3.87. The van der Waals surface area contributed by atoms with Gasteiger partial charge in [-0.2, -0.15) is 0 Å². The van der Waals surface area contributed by atoms with E-state index in [1.807, 2.05) is 0 Å². The first-order chi connectivity index (χ1) is 9.63. The van der Waals surface area contributed by atoms with Crippen molar-refractivity contribution >= 4 is 17.6 Å². The number of anilines is 1. The van der Waals surface area contributed by atoms with Crippen molar-refractivity contribution in [2.45, 2.75) is 12.8 Å². The predicted octanol–water partition coefficient (Wildman–Crippen LogP) is 1.73. The van der Waals surface area contributed by atoms with Crippen LogP contribution in [0.25, 0.3) is 11.3 Å². The molecule has 6 nitrogen and oxygen atoms in total. The number of carbonyl (C=O) groups excluding carboxylic acids is 1. The largest absolute Gasteiger partial charge is 0.478 e. The highest BCUT2D eigenvalue weighted by atomic mass is 16.4. The lowest BCUT2D eigenvalue weighted by Gasteiger charge is -2.16. The van der Waals surface area contributed by atoms with E-state index in [-0.39, 0.29) is 11.5 Å². The predicted molar refractivity (Wildman–Crippen MR) is 71.4 cm³/mol. The first-order valence-electron chi connectivity index (χ1n) is 6.12. The molecule has 1 aliphatic heterocycles. The van der Waals surface area contributed by atoms with Gasteiger partial charge in [0.15, 0.2) is 0 Å². The molecule has 3 rings (SSSR count). The number of fused-ring (bicyclic) bond motifs is 1. The lowest BCUT2D eigenvalue weighted by molar-refractivity contribution is -0.116. The van der Waals surface area contributed by atoms with Crippen LogP contribution in [0.2, 0.25) is 0 Å². The number of rotatable bonds is 2. The highest BCUT2D eigenvalue weighted by Gasteiger charge is 2.17. The highest BCUT2D eigenvalue weighted by molar-refractivity contribution is 5.93. The van der Waals surface area contributed by atoms with Crippen LogP contribution in [-0.4, -0.2) is 27.0 Å². The minimum absolute atomic E-state index is 0.0124. The molecule has 2 aromatic heterocycles. The van der Waals surface area contributed by atoms with E-state index >= 15 is 0 Å². The summed E-state index contributed by atoms with van der Waals surface area (Å²) >= 11 is 0. The Morgan fingerprint density at radius 1 is 1.25 bits per heavy atom. The number of hydrogen-bond acceptors (Lipinski definition) is 4. The van der Waals surface area contributed by atoms with E-state index in [0.29, 0.717) is 29.8 Å². The molecule has 0 radical (unpaired) electrons. The maximum absolute atomic E-state index is 11.3. The van der Waals surface area contributed by atoms with Crippen LogP contribution in [0.1, 0.15) is 22.5 Å². The highest BCUT2D eigenvalue weighted by Crippen LogP contribution is 2.25. The second kappa shape index (κ2) is 4.73. The molecule has 2 aromatic rings. The SMILES string of the molecule is O=C1CCc2nc(-c3cncc(C(=O)O)c3)ccc2N1. The molecule has 0 fully saturated rings. The van der Waals surface area contributed by atoms with Crippen LogP contribution in [0.5, 0.6) is 0 Å². The number of nitrogens with one attached hydrogen (secondary N) is 1. The summed E-state index contributed by atoms with van der Waals surface area (Å²) in [6, 6.07) is 5.06. The van der Waals surface area contributed by atoms with Gasteiger partial charge in [-0.05, 0) is 18.2 Å². The standard InChI is InChI=1S/C14H11N3O3/c18-13-4-3-11-12(17-13)2-1-10(16-11)8-5-9(14(19)20)7-15-6-8/h1-2,5-7H,3-4H2,(H,17,18)(H,19,20). The van der Waals surface area contributed by atoms with E-state index in [1.54, 1.807) is 18.3 Å². The molecule has 0 aliphatic carbocycles. The molecule has 20 heavy (non-hydrogen) atoms. The molecule has 0 saturated heterocycles. The number of carboxylic acids is 1. The van der Waals surface area contributed by atoms with E-state index in [9.17, 15) is 9.59 Å². The van der Waals surface area contributed by atoms with E-state index < -0.39 is 5.97 Å². The summed E-state index contributed by atoms with van der Waals surface area (Å²) in [7, 11) is 0. The Morgan fingerprint density at radius 2 is 2.10 bits per heavy atom. The second-order valence-corrected chi connectivity index (χ2v) is 4.51. The third-order valence-corrected chi connectivity index (χ3v) is 3.12. The van der Waals surface area contributed by atoms with Gasteiger partial charge >= 0.3 is 5.97 Å². The smallest absolute Gasteiger partial charge is 0.337 e. The summed E-state index contributed by atoms with van der Waals surface area (Å²) in [5.74, 6) is -1.04. The zero-order valence-electron chi connectivity index (χ0n) is 10.5. The van der Waals surface area contributed by atoms with Gasteiger partial charge < -0.3 is 10.4 Å². The molecule has 0 saturated carbocycles. The van der Waals surface area contributed by atoms with Crippen LogP contribution in [0.4, 0.5) is 5.69 Å². The van der Waals surface area contributed by atoms with E-state index in [1.165, 1.54) is 12.3 Å². The fraction of sp³-hybridized carbons (Fsp3) is 0.143. The van der Waals surface area contributed by atoms with Gasteiger partial charge in [0, 0.05) is 30.8 Å². The van der Waals surface area contributed by atoms with Crippen molar-refractivity contribution in [3.05, 3.63) is 41.9 Å². The lowest BCUT2D eigenvalue weighted by atomic mass is 10.1. The average molecular weight is 269 g/mol. The van der Waals surface area contributed by atoms with Gasteiger partial charge in [-0.25, -0.2) is 4.79 Å². The minimum atomic E-state index is -1.02. The first-order valence-corrected chi connectivity index (χ1v) is 6.12. The summed E-state index contributed by atoms with van der Waals surface area (Å²) < 4.78 is 0. The number of nitrogens with zero attached hydrogens (tertiary/aromatic N) is 2. The van der Waals surface area contributed by atoms with Crippen LogP contribution >= 0.6 is 0 Å². The summed E-state index contributed by atoms with van der Waals surface area (Å²) in [4.78, 5) is 30.6. The Morgan fingerprint density at radius 3 is 2.90 bits per heavy atom. The fourth-order valence-electron chi connectivity index (χ4n) is 2.11. The molecule has 0 unspecified atom stereocenters. The van der Waals surface area contributed by atoms with Crippen molar-refractivity contribution in [1.29, 1.82) is 0 Å². The number of aryl methyl sites for hydroxylation is 1. The number of aromatic carboxylic acids is 1. The van der Waals surface area contributed by atoms with Gasteiger partial charge in [0.1, 0.15) is 0 Å². The van der Waals surface area contributed by atoms with Gasteiger partial charge in [0.25, 0.3) is 0 Å². The van der Waals surface area contributed by atoms with Crippen molar-refractivity contribution in [1.82, 2.24) is 9.97 Å². The molecule has 3 heterocycles. The number of carboxylic acid groups (broad SMARTS) is 1. The van der Waals surface area contributed by atoms with Gasteiger partial charge in [-0.1, -0.05) is 0 Å². The van der Waals surface area contributed by atoms with Crippen molar-refractivity contribution in [3.63, 3.8) is 0 Å². The topological polar surface area (TPSA) is 92.2 Å². The maximum atomic E-state index is 11.3. The van der Waals surface area contributed by atoms with Gasteiger partial charge in [-0.15, -0.1) is 0 Å². The number of amides is 1. The Labute approximate surface area is 114 Å². The van der Waals surface area contributed by atoms with Crippen molar-refractivity contribution < 1.29 is 14.7 Å². The van der Waals surface area contributed by atoms with Crippen molar-refractivity contribution in [2.75, 3.05) is 5.32 Å². The van der Waals surface area contributed by atoms with Crippen LogP contribution < -0.4 is 5.32 Å². The molecule has 1 amide bonds. The molecule has 1 aliphatic rings. The molecule has 2 N–H and O–H groups in total. The molecule has 100 valence electrons. The van der Waals surface area contributed by atoms with Crippen molar-refractivity contribution in [2.24, 2.45) is 0 Å². The number of hydrogen-bond donors (Lipinski definition) is 2. The van der Waals surface area contributed by atoms with Gasteiger partial charge in [0.05, 0.1) is 22.6 Å². The van der Waals surface area contributed by atoms with Crippen LogP contribution in [0.15, 0.2) is 30.6 Å². The monoisotopic (exact) mass is 269 g/mol. The lowest BCUT2D eigenvalue weighted by Crippen LogP contribution is -2.19. The Kier molecular flexibility index (Phi) is 2.90. The second-order valence-electron chi connectivity index (χ2n) is 4.51. The zero-order chi connectivity index (χ0) is 14.1. The van der Waals surface area contributed by atoms with Crippen LogP contribution in [0, 0.1) is 0 Å². The Hall–Kier alpha value is -2.76. The normalized spacial score (nSPS) is 13.5.